The SMILES string of the molecule is Cc1cn2nc(C)c(N(C(=O)O)C(C)(C)C)c2s1. The van der Waals surface area contributed by atoms with Crippen LogP contribution in [0, 0.1) is 13.8 Å². The number of fused-ring (bicyclic) bond motifs is 1. The number of hydrogen-bond donors (Lipinski definition) is 1. The molecule has 2 rings (SSSR count). The van der Waals surface area contributed by atoms with E-state index in [0.29, 0.717) is 5.69 Å². The van der Waals surface area contributed by atoms with Crippen LogP contribution in [0.3, 0.4) is 0 Å². The Kier molecular flexibility index (Phi) is 2.85. The zero-order chi connectivity index (χ0) is 13.7. The van der Waals surface area contributed by atoms with Crippen LogP contribution in [0.1, 0.15) is 31.3 Å². The number of thiazole rings is 1. The highest BCUT2D eigenvalue weighted by Gasteiger charge is 2.32. The molecule has 1 amide bonds. The summed E-state index contributed by atoms with van der Waals surface area (Å²) in [6.45, 7) is 9.46. The maximum Gasteiger partial charge on any atom is 0.412 e. The fraction of sp³-hybridized carbons (Fsp3) is 0.500. The Balaban J connectivity index is 2.70. The van der Waals surface area contributed by atoms with Gasteiger partial charge in [-0.3, -0.25) is 4.90 Å². The number of amides is 1. The van der Waals surface area contributed by atoms with Gasteiger partial charge in [-0.25, -0.2) is 9.31 Å². The average molecular weight is 267 g/mol. The van der Waals surface area contributed by atoms with Crippen LogP contribution in [0.5, 0.6) is 0 Å². The second-order valence-electron chi connectivity index (χ2n) is 5.31. The van der Waals surface area contributed by atoms with E-state index in [1.54, 1.807) is 15.9 Å². The summed E-state index contributed by atoms with van der Waals surface area (Å²) in [5, 5.41) is 13.8. The molecule has 1 N–H and O–H groups in total. The first-order valence-corrected chi connectivity index (χ1v) is 6.52. The van der Waals surface area contributed by atoms with E-state index in [4.69, 9.17) is 0 Å². The van der Waals surface area contributed by atoms with Gasteiger partial charge in [0.15, 0.2) is 0 Å². The van der Waals surface area contributed by atoms with Gasteiger partial charge in [-0.05, 0) is 34.6 Å². The highest BCUT2D eigenvalue weighted by Crippen LogP contribution is 2.35. The summed E-state index contributed by atoms with van der Waals surface area (Å²) in [7, 11) is 0. The lowest BCUT2D eigenvalue weighted by Gasteiger charge is -2.32. The Bertz CT molecular complexity index is 607. The lowest BCUT2D eigenvalue weighted by atomic mass is 10.1. The topological polar surface area (TPSA) is 57.8 Å². The molecule has 0 aromatic carbocycles. The lowest BCUT2D eigenvalue weighted by Crippen LogP contribution is -2.45. The number of rotatable bonds is 1. The Labute approximate surface area is 110 Å². The Morgan fingerprint density at radius 2 is 2.06 bits per heavy atom. The molecule has 18 heavy (non-hydrogen) atoms. The number of aryl methyl sites for hydroxylation is 2. The molecule has 5 nitrogen and oxygen atoms in total. The first-order valence-electron chi connectivity index (χ1n) is 5.70. The maximum absolute atomic E-state index is 11.5. The number of hydrogen-bond acceptors (Lipinski definition) is 3. The van der Waals surface area contributed by atoms with Gasteiger partial charge in [0.1, 0.15) is 10.5 Å². The molecule has 0 aliphatic heterocycles. The van der Waals surface area contributed by atoms with Crippen LogP contribution in [0.15, 0.2) is 6.20 Å². The number of aromatic nitrogens is 2. The van der Waals surface area contributed by atoms with E-state index in [0.717, 1.165) is 15.4 Å². The van der Waals surface area contributed by atoms with Gasteiger partial charge in [0.2, 0.25) is 0 Å². The van der Waals surface area contributed by atoms with E-state index in [-0.39, 0.29) is 0 Å². The second kappa shape index (κ2) is 3.98. The lowest BCUT2D eigenvalue weighted by molar-refractivity contribution is 0.195. The largest absolute Gasteiger partial charge is 0.465 e. The van der Waals surface area contributed by atoms with E-state index >= 15 is 0 Å². The summed E-state index contributed by atoms with van der Waals surface area (Å²) >= 11 is 1.56. The third-order valence-corrected chi connectivity index (χ3v) is 3.66. The molecule has 0 radical (unpaired) electrons. The highest BCUT2D eigenvalue weighted by atomic mass is 32.1. The van der Waals surface area contributed by atoms with Crippen molar-refractivity contribution < 1.29 is 9.90 Å². The highest BCUT2D eigenvalue weighted by molar-refractivity contribution is 7.18. The zero-order valence-electron chi connectivity index (χ0n) is 11.2. The first kappa shape index (κ1) is 12.9. The number of anilines is 1. The molecule has 0 aliphatic carbocycles. The number of carboxylic acid groups (broad SMARTS) is 1. The minimum atomic E-state index is -0.952. The van der Waals surface area contributed by atoms with Crippen molar-refractivity contribution >= 4 is 27.9 Å². The van der Waals surface area contributed by atoms with Crippen LogP contribution in [-0.2, 0) is 0 Å². The van der Waals surface area contributed by atoms with Crippen LogP contribution >= 0.6 is 11.3 Å². The quantitative estimate of drug-likeness (QED) is 0.862. The Hall–Kier alpha value is -1.56. The minimum absolute atomic E-state index is 0.502. The summed E-state index contributed by atoms with van der Waals surface area (Å²) < 4.78 is 1.76. The molecule has 0 bridgehead atoms. The molecule has 98 valence electrons. The molecule has 0 saturated heterocycles. The average Bonchev–Trinajstić information content (AvgIpc) is 2.62. The normalized spacial score (nSPS) is 12.1. The van der Waals surface area contributed by atoms with Crippen molar-refractivity contribution in [2.45, 2.75) is 40.2 Å². The van der Waals surface area contributed by atoms with E-state index in [1.807, 2.05) is 40.8 Å². The summed E-state index contributed by atoms with van der Waals surface area (Å²) in [6, 6.07) is 0. The van der Waals surface area contributed by atoms with E-state index in [9.17, 15) is 9.90 Å². The molecule has 0 saturated carbocycles. The van der Waals surface area contributed by atoms with Crippen molar-refractivity contribution in [3.8, 4) is 0 Å². The number of nitrogens with zero attached hydrogens (tertiary/aromatic N) is 3. The van der Waals surface area contributed by atoms with Crippen LogP contribution in [0.25, 0.3) is 4.83 Å². The van der Waals surface area contributed by atoms with Crippen molar-refractivity contribution in [1.82, 2.24) is 9.61 Å². The van der Waals surface area contributed by atoms with Gasteiger partial charge in [0.25, 0.3) is 0 Å². The van der Waals surface area contributed by atoms with Crippen molar-refractivity contribution in [2.75, 3.05) is 4.90 Å². The standard InChI is InChI=1S/C12H17N3O2S/c1-7-6-14-10(18-7)9(8(2)13-14)15(11(16)17)12(3,4)5/h6H,1-5H3,(H,16,17). The van der Waals surface area contributed by atoms with Gasteiger partial charge >= 0.3 is 6.09 Å². The molecular formula is C12H17N3O2S. The van der Waals surface area contributed by atoms with Gasteiger partial charge in [0.05, 0.1) is 5.69 Å². The van der Waals surface area contributed by atoms with Gasteiger partial charge in [-0.15, -0.1) is 11.3 Å². The van der Waals surface area contributed by atoms with Crippen molar-refractivity contribution in [2.24, 2.45) is 0 Å². The summed E-state index contributed by atoms with van der Waals surface area (Å²) in [6.07, 6.45) is 0.964. The number of carbonyl (C=O) groups is 1. The molecule has 0 fully saturated rings. The predicted molar refractivity (Wildman–Crippen MR) is 72.8 cm³/mol. The van der Waals surface area contributed by atoms with Crippen molar-refractivity contribution in [3.63, 3.8) is 0 Å². The van der Waals surface area contributed by atoms with E-state index in [1.165, 1.54) is 4.90 Å². The fourth-order valence-electron chi connectivity index (χ4n) is 2.03. The Morgan fingerprint density at radius 3 is 2.56 bits per heavy atom. The third-order valence-electron chi connectivity index (χ3n) is 2.66. The molecule has 0 atom stereocenters. The van der Waals surface area contributed by atoms with Gasteiger partial charge in [-0.2, -0.15) is 5.10 Å². The van der Waals surface area contributed by atoms with Gasteiger partial charge in [-0.1, -0.05) is 0 Å². The van der Waals surface area contributed by atoms with Crippen LogP contribution in [0.2, 0.25) is 0 Å². The minimum Gasteiger partial charge on any atom is -0.465 e. The van der Waals surface area contributed by atoms with E-state index in [2.05, 4.69) is 5.10 Å². The van der Waals surface area contributed by atoms with Crippen LogP contribution < -0.4 is 4.90 Å². The monoisotopic (exact) mass is 267 g/mol. The molecule has 2 aromatic heterocycles. The smallest absolute Gasteiger partial charge is 0.412 e. The van der Waals surface area contributed by atoms with Gasteiger partial charge < -0.3 is 5.11 Å². The molecule has 0 aliphatic rings. The molecule has 6 heteroatoms. The molecule has 0 spiro atoms. The predicted octanol–water partition coefficient (Wildman–Crippen LogP) is 3.30. The third kappa shape index (κ3) is 1.96. The molecule has 2 heterocycles. The van der Waals surface area contributed by atoms with Crippen molar-refractivity contribution in [3.05, 3.63) is 16.8 Å². The zero-order valence-corrected chi connectivity index (χ0v) is 12.0. The molecule has 2 aromatic rings. The Morgan fingerprint density at radius 1 is 1.44 bits per heavy atom. The second-order valence-corrected chi connectivity index (χ2v) is 6.55. The summed E-state index contributed by atoms with van der Waals surface area (Å²) in [5.41, 5.74) is 0.921. The van der Waals surface area contributed by atoms with Crippen LogP contribution in [-0.4, -0.2) is 26.4 Å². The van der Waals surface area contributed by atoms with Crippen molar-refractivity contribution in [1.29, 1.82) is 0 Å². The first-order chi connectivity index (χ1) is 8.21. The fourth-order valence-corrected chi connectivity index (χ4v) is 3.01. The molecular weight excluding hydrogens is 250 g/mol. The maximum atomic E-state index is 11.5. The molecule has 0 unspecified atom stereocenters. The van der Waals surface area contributed by atoms with Gasteiger partial charge in [0, 0.05) is 16.6 Å². The van der Waals surface area contributed by atoms with Crippen LogP contribution in [0.4, 0.5) is 10.5 Å². The van der Waals surface area contributed by atoms with E-state index < -0.39 is 11.6 Å². The summed E-state index contributed by atoms with van der Waals surface area (Å²) in [5.74, 6) is 0. The summed E-state index contributed by atoms with van der Waals surface area (Å²) in [4.78, 5) is 14.9.